The molecule has 1 unspecified atom stereocenters. The molecule has 1 saturated heterocycles. The van der Waals surface area contributed by atoms with Gasteiger partial charge in [0, 0.05) is 25.6 Å². The largest absolute Gasteiger partial charge is 0.493 e. The third kappa shape index (κ3) is 3.51. The topological polar surface area (TPSA) is 49.8 Å². The fourth-order valence-electron chi connectivity index (χ4n) is 2.63. The lowest BCUT2D eigenvalue weighted by molar-refractivity contribution is -0.130. The van der Waals surface area contributed by atoms with Crippen molar-refractivity contribution in [3.63, 3.8) is 0 Å². The van der Waals surface area contributed by atoms with Gasteiger partial charge in [-0.15, -0.1) is 0 Å². The van der Waals surface area contributed by atoms with Crippen LogP contribution in [0.15, 0.2) is 18.2 Å². The van der Waals surface area contributed by atoms with Gasteiger partial charge in [-0.1, -0.05) is 18.2 Å². The molecule has 20 heavy (non-hydrogen) atoms. The third-order valence-corrected chi connectivity index (χ3v) is 3.87. The molecular formula is C16H23NO3. The van der Waals surface area contributed by atoms with Gasteiger partial charge in [0.1, 0.15) is 5.75 Å². The Morgan fingerprint density at radius 3 is 2.70 bits per heavy atom. The van der Waals surface area contributed by atoms with Crippen molar-refractivity contribution in [3.8, 4) is 5.75 Å². The number of benzene rings is 1. The minimum absolute atomic E-state index is 0.118. The van der Waals surface area contributed by atoms with Crippen molar-refractivity contribution in [3.05, 3.63) is 29.3 Å². The van der Waals surface area contributed by atoms with Crippen LogP contribution in [0, 0.1) is 19.8 Å². The highest BCUT2D eigenvalue weighted by Crippen LogP contribution is 2.22. The van der Waals surface area contributed by atoms with Crippen LogP contribution in [0.2, 0.25) is 0 Å². The Morgan fingerprint density at radius 1 is 1.40 bits per heavy atom. The van der Waals surface area contributed by atoms with E-state index >= 15 is 0 Å². The summed E-state index contributed by atoms with van der Waals surface area (Å²) < 4.78 is 5.75. The van der Waals surface area contributed by atoms with Crippen molar-refractivity contribution >= 4 is 5.91 Å². The summed E-state index contributed by atoms with van der Waals surface area (Å²) in [4.78, 5) is 13.9. The van der Waals surface area contributed by atoms with E-state index in [2.05, 4.69) is 0 Å². The highest BCUT2D eigenvalue weighted by molar-refractivity contribution is 5.76. The van der Waals surface area contributed by atoms with Crippen molar-refractivity contribution in [2.24, 2.45) is 5.92 Å². The van der Waals surface area contributed by atoms with Crippen molar-refractivity contribution in [1.29, 1.82) is 0 Å². The zero-order chi connectivity index (χ0) is 14.5. The van der Waals surface area contributed by atoms with E-state index in [-0.39, 0.29) is 18.4 Å². The van der Waals surface area contributed by atoms with E-state index < -0.39 is 0 Å². The van der Waals surface area contributed by atoms with E-state index in [1.54, 1.807) is 0 Å². The smallest absolute Gasteiger partial charge is 0.226 e. The molecule has 4 nitrogen and oxygen atoms in total. The Morgan fingerprint density at radius 2 is 2.10 bits per heavy atom. The molecule has 1 fully saturated rings. The molecule has 110 valence electrons. The minimum atomic E-state index is 0.118. The molecule has 0 radical (unpaired) electrons. The van der Waals surface area contributed by atoms with Crippen LogP contribution in [0.3, 0.4) is 0 Å². The van der Waals surface area contributed by atoms with Gasteiger partial charge in [0.2, 0.25) is 5.91 Å². The number of carbonyl (C=O) groups excluding carboxylic acids is 1. The fraction of sp³-hybridized carbons (Fsp3) is 0.562. The maximum Gasteiger partial charge on any atom is 0.226 e. The number of likely N-dealkylation sites (tertiary alicyclic amines) is 1. The Labute approximate surface area is 120 Å². The fourth-order valence-corrected chi connectivity index (χ4v) is 2.63. The first kappa shape index (κ1) is 14.9. The molecule has 1 amide bonds. The molecule has 0 aliphatic carbocycles. The van der Waals surface area contributed by atoms with Crippen molar-refractivity contribution in [2.75, 3.05) is 26.3 Å². The zero-order valence-electron chi connectivity index (χ0n) is 12.3. The first-order valence-electron chi connectivity index (χ1n) is 7.19. The van der Waals surface area contributed by atoms with E-state index in [4.69, 9.17) is 9.84 Å². The van der Waals surface area contributed by atoms with Crippen LogP contribution in [0.5, 0.6) is 5.75 Å². The molecule has 1 atom stereocenters. The van der Waals surface area contributed by atoms with Gasteiger partial charge < -0.3 is 14.7 Å². The van der Waals surface area contributed by atoms with Gasteiger partial charge in [-0.25, -0.2) is 0 Å². The van der Waals surface area contributed by atoms with E-state index in [9.17, 15) is 4.79 Å². The molecule has 1 heterocycles. The predicted octanol–water partition coefficient (Wildman–Crippen LogP) is 1.91. The molecule has 1 N–H and O–H groups in total. The lowest BCUT2D eigenvalue weighted by atomic mass is 10.1. The summed E-state index contributed by atoms with van der Waals surface area (Å²) in [7, 11) is 0. The number of aryl methyl sites for hydroxylation is 2. The zero-order valence-corrected chi connectivity index (χ0v) is 12.3. The lowest BCUT2D eigenvalue weighted by Gasteiger charge is -2.17. The second-order valence-electron chi connectivity index (χ2n) is 5.50. The van der Waals surface area contributed by atoms with Crippen molar-refractivity contribution in [1.82, 2.24) is 4.90 Å². The van der Waals surface area contributed by atoms with Gasteiger partial charge in [-0.3, -0.25) is 4.79 Å². The average molecular weight is 277 g/mol. The predicted molar refractivity (Wildman–Crippen MR) is 77.8 cm³/mol. The van der Waals surface area contributed by atoms with Crippen LogP contribution in [-0.2, 0) is 4.79 Å². The van der Waals surface area contributed by atoms with Crippen LogP contribution in [0.25, 0.3) is 0 Å². The number of carbonyl (C=O) groups is 1. The third-order valence-electron chi connectivity index (χ3n) is 3.87. The van der Waals surface area contributed by atoms with Gasteiger partial charge in [-0.05, 0) is 31.4 Å². The van der Waals surface area contributed by atoms with E-state index in [1.807, 2.05) is 36.9 Å². The summed E-state index contributed by atoms with van der Waals surface area (Å²) in [5.41, 5.74) is 2.19. The second kappa shape index (κ2) is 6.75. The number of aliphatic hydroxyl groups excluding tert-OH is 1. The maximum absolute atomic E-state index is 12.0. The summed E-state index contributed by atoms with van der Waals surface area (Å²) in [5.74, 6) is 1.25. The van der Waals surface area contributed by atoms with Crippen LogP contribution < -0.4 is 4.74 Å². The Hall–Kier alpha value is -1.55. The molecule has 1 aromatic rings. The summed E-state index contributed by atoms with van der Waals surface area (Å²) in [6, 6.07) is 6.02. The summed E-state index contributed by atoms with van der Waals surface area (Å²) in [6.45, 7) is 6.03. The summed E-state index contributed by atoms with van der Waals surface area (Å²) >= 11 is 0. The van der Waals surface area contributed by atoms with Gasteiger partial charge in [0.15, 0.2) is 0 Å². The van der Waals surface area contributed by atoms with Crippen LogP contribution in [0.1, 0.15) is 24.0 Å². The molecule has 0 saturated carbocycles. The number of hydrogen-bond donors (Lipinski definition) is 1. The Kier molecular flexibility index (Phi) is 5.01. The van der Waals surface area contributed by atoms with Gasteiger partial charge in [0.05, 0.1) is 13.0 Å². The van der Waals surface area contributed by atoms with Gasteiger partial charge in [0.25, 0.3) is 0 Å². The number of aliphatic hydroxyl groups is 1. The van der Waals surface area contributed by atoms with Gasteiger partial charge >= 0.3 is 0 Å². The van der Waals surface area contributed by atoms with Crippen LogP contribution in [0.4, 0.5) is 0 Å². The summed E-state index contributed by atoms with van der Waals surface area (Å²) in [6.07, 6.45) is 1.30. The average Bonchev–Trinajstić information content (AvgIpc) is 2.91. The Bertz CT molecular complexity index is 453. The minimum Gasteiger partial charge on any atom is -0.493 e. The SMILES string of the molecule is Cc1cccc(C)c1OCCC(=O)N1CCC(CO)C1. The van der Waals surface area contributed by atoms with Crippen LogP contribution in [-0.4, -0.2) is 42.2 Å². The molecule has 1 aliphatic rings. The normalized spacial score (nSPS) is 18.4. The molecule has 0 aromatic heterocycles. The van der Waals surface area contributed by atoms with Crippen molar-refractivity contribution in [2.45, 2.75) is 26.7 Å². The molecule has 0 bridgehead atoms. The monoisotopic (exact) mass is 277 g/mol. The number of nitrogens with zero attached hydrogens (tertiary/aromatic N) is 1. The lowest BCUT2D eigenvalue weighted by Crippen LogP contribution is -2.30. The standard InChI is InChI=1S/C16H23NO3/c1-12-4-3-5-13(2)16(12)20-9-7-15(19)17-8-6-14(10-17)11-18/h3-5,14,18H,6-11H2,1-2H3. The number of amides is 1. The summed E-state index contributed by atoms with van der Waals surface area (Å²) in [5, 5.41) is 9.09. The highest BCUT2D eigenvalue weighted by atomic mass is 16.5. The molecule has 1 aliphatic heterocycles. The van der Waals surface area contributed by atoms with Crippen LogP contribution >= 0.6 is 0 Å². The Balaban J connectivity index is 1.80. The second-order valence-corrected chi connectivity index (χ2v) is 5.50. The quantitative estimate of drug-likeness (QED) is 0.894. The van der Waals surface area contributed by atoms with Gasteiger partial charge in [-0.2, -0.15) is 0 Å². The number of hydrogen-bond acceptors (Lipinski definition) is 3. The number of rotatable bonds is 5. The van der Waals surface area contributed by atoms with E-state index in [0.29, 0.717) is 19.6 Å². The maximum atomic E-state index is 12.0. The first-order chi connectivity index (χ1) is 9.61. The molecule has 0 spiro atoms. The van der Waals surface area contributed by atoms with E-state index in [0.717, 1.165) is 29.8 Å². The van der Waals surface area contributed by atoms with Crippen molar-refractivity contribution < 1.29 is 14.6 Å². The van der Waals surface area contributed by atoms with E-state index in [1.165, 1.54) is 0 Å². The highest BCUT2D eigenvalue weighted by Gasteiger charge is 2.25. The molecule has 1 aromatic carbocycles. The molecule has 4 heteroatoms. The molecular weight excluding hydrogens is 254 g/mol. The number of ether oxygens (including phenoxy) is 1. The number of para-hydroxylation sites is 1. The first-order valence-corrected chi connectivity index (χ1v) is 7.19. The molecule has 2 rings (SSSR count).